The standard InChI is InChI=1S/C8H10BrN5/c1-13-6-10-3-8(13)5-14-7(2-9)4-11-12-14/h3-4,6H,2,5H2,1H3. The molecule has 0 saturated heterocycles. The first-order valence-electron chi connectivity index (χ1n) is 4.20. The van der Waals surface area contributed by atoms with Crippen molar-refractivity contribution < 1.29 is 0 Å². The number of imidazole rings is 1. The van der Waals surface area contributed by atoms with E-state index in [2.05, 4.69) is 31.2 Å². The average Bonchev–Trinajstić information content (AvgIpc) is 2.77. The fraction of sp³-hybridized carbons (Fsp3) is 0.375. The molecule has 0 aliphatic heterocycles. The highest BCUT2D eigenvalue weighted by molar-refractivity contribution is 9.08. The van der Waals surface area contributed by atoms with Gasteiger partial charge in [-0.05, 0) is 0 Å². The summed E-state index contributed by atoms with van der Waals surface area (Å²) in [4.78, 5) is 4.05. The maximum absolute atomic E-state index is 4.05. The number of nitrogens with zero attached hydrogens (tertiary/aromatic N) is 5. The fourth-order valence-corrected chi connectivity index (χ4v) is 1.64. The van der Waals surface area contributed by atoms with Crippen LogP contribution in [0.3, 0.4) is 0 Å². The van der Waals surface area contributed by atoms with Gasteiger partial charge in [-0.15, -0.1) is 5.10 Å². The SMILES string of the molecule is Cn1cncc1Cn1nncc1CBr. The molecule has 0 fully saturated rings. The Kier molecular flexibility index (Phi) is 2.62. The summed E-state index contributed by atoms with van der Waals surface area (Å²) in [7, 11) is 1.97. The van der Waals surface area contributed by atoms with Gasteiger partial charge in [0.15, 0.2) is 0 Å². The number of aryl methyl sites for hydroxylation is 1. The summed E-state index contributed by atoms with van der Waals surface area (Å²) in [6, 6.07) is 0. The summed E-state index contributed by atoms with van der Waals surface area (Å²) < 4.78 is 3.82. The number of hydrogen-bond acceptors (Lipinski definition) is 3. The molecule has 0 atom stereocenters. The van der Waals surface area contributed by atoms with Gasteiger partial charge in [0.1, 0.15) is 0 Å². The second-order valence-corrected chi connectivity index (χ2v) is 3.57. The van der Waals surface area contributed by atoms with Crippen molar-refractivity contribution in [2.75, 3.05) is 0 Å². The maximum Gasteiger partial charge on any atom is 0.0946 e. The summed E-state index contributed by atoms with van der Waals surface area (Å²) in [6.45, 7) is 0.706. The van der Waals surface area contributed by atoms with E-state index < -0.39 is 0 Å². The van der Waals surface area contributed by atoms with Crippen LogP contribution >= 0.6 is 15.9 Å². The van der Waals surface area contributed by atoms with E-state index in [1.54, 1.807) is 12.5 Å². The first-order valence-corrected chi connectivity index (χ1v) is 5.32. The van der Waals surface area contributed by atoms with Crippen molar-refractivity contribution in [1.82, 2.24) is 24.5 Å². The van der Waals surface area contributed by atoms with E-state index in [9.17, 15) is 0 Å². The molecule has 0 bridgehead atoms. The Labute approximate surface area is 89.9 Å². The van der Waals surface area contributed by atoms with Crippen molar-refractivity contribution in [2.24, 2.45) is 7.05 Å². The highest BCUT2D eigenvalue weighted by atomic mass is 79.9. The van der Waals surface area contributed by atoms with Gasteiger partial charge in [-0.25, -0.2) is 9.67 Å². The predicted molar refractivity (Wildman–Crippen MR) is 55.0 cm³/mol. The number of aromatic nitrogens is 5. The Morgan fingerprint density at radius 3 is 2.86 bits per heavy atom. The van der Waals surface area contributed by atoms with E-state index in [1.165, 1.54) is 0 Å². The van der Waals surface area contributed by atoms with Crippen molar-refractivity contribution in [3.63, 3.8) is 0 Å². The molecule has 0 unspecified atom stereocenters. The summed E-state index contributed by atoms with van der Waals surface area (Å²) >= 11 is 3.39. The highest BCUT2D eigenvalue weighted by Crippen LogP contribution is 2.06. The molecule has 5 nitrogen and oxygen atoms in total. The minimum atomic E-state index is 0.706. The molecule has 0 amide bonds. The molecule has 2 aromatic rings. The molecule has 0 aliphatic rings. The van der Waals surface area contributed by atoms with Crippen LogP contribution in [0, 0.1) is 0 Å². The Morgan fingerprint density at radius 2 is 2.21 bits per heavy atom. The molecule has 0 radical (unpaired) electrons. The summed E-state index contributed by atoms with van der Waals surface area (Å²) in [5, 5.41) is 8.62. The zero-order valence-electron chi connectivity index (χ0n) is 7.76. The third kappa shape index (κ3) is 1.70. The molecular formula is C8H10BrN5. The second-order valence-electron chi connectivity index (χ2n) is 3.01. The average molecular weight is 256 g/mol. The van der Waals surface area contributed by atoms with Crippen molar-refractivity contribution in [1.29, 1.82) is 0 Å². The van der Waals surface area contributed by atoms with Gasteiger partial charge in [-0.3, -0.25) is 0 Å². The molecular weight excluding hydrogens is 246 g/mol. The van der Waals surface area contributed by atoms with Crippen LogP contribution in [-0.2, 0) is 18.9 Å². The van der Waals surface area contributed by atoms with Crippen molar-refractivity contribution in [3.05, 3.63) is 30.1 Å². The number of hydrogen-bond donors (Lipinski definition) is 0. The van der Waals surface area contributed by atoms with Crippen LogP contribution < -0.4 is 0 Å². The second kappa shape index (κ2) is 3.91. The lowest BCUT2D eigenvalue weighted by Gasteiger charge is -2.04. The van der Waals surface area contributed by atoms with Crippen LogP contribution in [0.25, 0.3) is 0 Å². The van der Waals surface area contributed by atoms with Gasteiger partial charge >= 0.3 is 0 Å². The third-order valence-electron chi connectivity index (χ3n) is 2.06. The number of alkyl halides is 1. The predicted octanol–water partition coefficient (Wildman–Crippen LogP) is 0.955. The van der Waals surface area contributed by atoms with Crippen LogP contribution in [-0.4, -0.2) is 24.5 Å². The number of halogens is 1. The van der Waals surface area contributed by atoms with Gasteiger partial charge in [-0.2, -0.15) is 0 Å². The third-order valence-corrected chi connectivity index (χ3v) is 2.64. The zero-order chi connectivity index (χ0) is 9.97. The topological polar surface area (TPSA) is 48.5 Å². The normalized spacial score (nSPS) is 10.7. The van der Waals surface area contributed by atoms with E-state index in [1.807, 2.05) is 22.5 Å². The Balaban J connectivity index is 2.22. The summed E-state index contributed by atoms with van der Waals surface area (Å²) in [5.74, 6) is 0. The first-order chi connectivity index (χ1) is 6.81. The van der Waals surface area contributed by atoms with Crippen molar-refractivity contribution >= 4 is 15.9 Å². The van der Waals surface area contributed by atoms with Gasteiger partial charge in [0.25, 0.3) is 0 Å². The largest absolute Gasteiger partial charge is 0.336 e. The lowest BCUT2D eigenvalue weighted by atomic mass is 10.4. The Hall–Kier alpha value is -1.17. The highest BCUT2D eigenvalue weighted by Gasteiger charge is 2.05. The minimum Gasteiger partial charge on any atom is -0.336 e. The van der Waals surface area contributed by atoms with Gasteiger partial charge in [-0.1, -0.05) is 21.1 Å². The van der Waals surface area contributed by atoms with E-state index in [-0.39, 0.29) is 0 Å². The van der Waals surface area contributed by atoms with Crippen LogP contribution in [0.5, 0.6) is 0 Å². The van der Waals surface area contributed by atoms with Crippen LogP contribution in [0.1, 0.15) is 11.4 Å². The molecule has 6 heteroatoms. The molecule has 2 heterocycles. The van der Waals surface area contributed by atoms with E-state index in [4.69, 9.17) is 0 Å². The van der Waals surface area contributed by atoms with E-state index >= 15 is 0 Å². The molecule has 0 N–H and O–H groups in total. The lowest BCUT2D eigenvalue weighted by molar-refractivity contribution is 0.605. The van der Waals surface area contributed by atoms with E-state index in [0.29, 0.717) is 6.54 Å². The van der Waals surface area contributed by atoms with Gasteiger partial charge in [0.2, 0.25) is 0 Å². The molecule has 14 heavy (non-hydrogen) atoms. The molecule has 74 valence electrons. The summed E-state index contributed by atoms with van der Waals surface area (Å²) in [6.07, 6.45) is 5.37. The van der Waals surface area contributed by atoms with Crippen LogP contribution in [0.15, 0.2) is 18.7 Å². The van der Waals surface area contributed by atoms with Gasteiger partial charge < -0.3 is 4.57 Å². The van der Waals surface area contributed by atoms with Gasteiger partial charge in [0, 0.05) is 12.4 Å². The van der Waals surface area contributed by atoms with Crippen LogP contribution in [0.4, 0.5) is 0 Å². The lowest BCUT2D eigenvalue weighted by Crippen LogP contribution is -2.08. The number of rotatable bonds is 3. The molecule has 0 saturated carbocycles. The first kappa shape index (κ1) is 9.39. The molecule has 2 rings (SSSR count). The molecule has 0 spiro atoms. The minimum absolute atomic E-state index is 0.706. The van der Waals surface area contributed by atoms with E-state index in [0.717, 1.165) is 16.7 Å². The van der Waals surface area contributed by atoms with Crippen molar-refractivity contribution in [3.8, 4) is 0 Å². The Morgan fingerprint density at radius 1 is 1.36 bits per heavy atom. The zero-order valence-corrected chi connectivity index (χ0v) is 9.35. The van der Waals surface area contributed by atoms with Crippen molar-refractivity contribution in [2.45, 2.75) is 11.9 Å². The van der Waals surface area contributed by atoms with Crippen LogP contribution in [0.2, 0.25) is 0 Å². The smallest absolute Gasteiger partial charge is 0.0946 e. The fourth-order valence-electron chi connectivity index (χ4n) is 1.21. The molecule has 0 aliphatic carbocycles. The summed E-state index contributed by atoms with van der Waals surface area (Å²) in [5.41, 5.74) is 2.17. The maximum atomic E-state index is 4.05. The Bertz CT molecular complexity index is 419. The quantitative estimate of drug-likeness (QED) is 0.768. The molecule has 0 aromatic carbocycles. The molecule has 2 aromatic heterocycles. The monoisotopic (exact) mass is 255 g/mol. The van der Waals surface area contributed by atoms with Gasteiger partial charge in [0.05, 0.1) is 36.7 Å².